The van der Waals surface area contributed by atoms with Crippen molar-refractivity contribution in [2.24, 2.45) is 7.05 Å². The van der Waals surface area contributed by atoms with Gasteiger partial charge < -0.3 is 20.1 Å². The van der Waals surface area contributed by atoms with E-state index in [1.165, 1.54) is 0 Å². The highest BCUT2D eigenvalue weighted by Gasteiger charge is 2.24. The zero-order valence-electron chi connectivity index (χ0n) is 12.1. The van der Waals surface area contributed by atoms with Gasteiger partial charge in [0.25, 0.3) is 0 Å². The Morgan fingerprint density at radius 1 is 1.25 bits per heavy atom. The van der Waals surface area contributed by atoms with Crippen molar-refractivity contribution < 1.29 is 9.59 Å². The molecule has 2 heterocycles. The molecular formula is C14H22N4O2. The van der Waals surface area contributed by atoms with Gasteiger partial charge >= 0.3 is 6.03 Å². The number of carbonyl (C=O) groups is 2. The Bertz CT molecular complexity index is 491. The summed E-state index contributed by atoms with van der Waals surface area (Å²) in [5.74, 6) is 0.719. The van der Waals surface area contributed by atoms with Crippen molar-refractivity contribution in [2.75, 3.05) is 23.7 Å². The Kier molecular flexibility index (Phi) is 4.65. The number of amides is 3. The molecule has 2 rings (SSSR count). The van der Waals surface area contributed by atoms with E-state index in [0.29, 0.717) is 17.9 Å². The van der Waals surface area contributed by atoms with E-state index in [0.717, 1.165) is 32.4 Å². The fraction of sp³-hybridized carbons (Fsp3) is 0.571. The molecule has 0 aromatic carbocycles. The summed E-state index contributed by atoms with van der Waals surface area (Å²) in [5.41, 5.74) is 0.702. The van der Waals surface area contributed by atoms with E-state index in [4.69, 9.17) is 0 Å². The van der Waals surface area contributed by atoms with Crippen LogP contribution in [-0.4, -0.2) is 34.5 Å². The lowest BCUT2D eigenvalue weighted by Gasteiger charge is -2.05. The Balaban J connectivity index is 1.86. The molecule has 6 heteroatoms. The fourth-order valence-corrected chi connectivity index (χ4v) is 1.95. The van der Waals surface area contributed by atoms with Gasteiger partial charge in [-0.25, -0.2) is 4.79 Å². The van der Waals surface area contributed by atoms with Crippen LogP contribution in [0.25, 0.3) is 0 Å². The van der Waals surface area contributed by atoms with Crippen molar-refractivity contribution in [2.45, 2.75) is 32.6 Å². The van der Waals surface area contributed by atoms with Gasteiger partial charge in [0.2, 0.25) is 5.91 Å². The lowest BCUT2D eigenvalue weighted by atomic mass is 10.2. The standard InChI is InChI=1S/C14H22N4O2/c1-3-4-5-6-13(19)16-12-9-11(10-17(12)2)15-14(20)18-7-8-18/h9-10H,3-8H2,1-2H3,(H,15,20)(H,16,19). The highest BCUT2D eigenvalue weighted by molar-refractivity contribution is 5.93. The highest BCUT2D eigenvalue weighted by atomic mass is 16.2. The number of aryl methyl sites for hydroxylation is 1. The quantitative estimate of drug-likeness (QED) is 0.620. The SMILES string of the molecule is CCCCCC(=O)Nc1cc(NC(=O)N2CC2)cn1C. The zero-order chi connectivity index (χ0) is 14.5. The second-order valence-electron chi connectivity index (χ2n) is 5.15. The first-order valence-corrected chi connectivity index (χ1v) is 7.12. The van der Waals surface area contributed by atoms with Crippen LogP contribution in [-0.2, 0) is 11.8 Å². The van der Waals surface area contributed by atoms with E-state index in [9.17, 15) is 9.59 Å². The minimum atomic E-state index is -0.0866. The van der Waals surface area contributed by atoms with Gasteiger partial charge in [-0.1, -0.05) is 19.8 Å². The second kappa shape index (κ2) is 6.45. The molecular weight excluding hydrogens is 256 g/mol. The first kappa shape index (κ1) is 14.4. The van der Waals surface area contributed by atoms with Crippen molar-refractivity contribution in [1.29, 1.82) is 0 Å². The molecule has 0 radical (unpaired) electrons. The Hall–Kier alpha value is -1.98. The molecule has 0 spiro atoms. The predicted octanol–water partition coefficient (Wildman–Crippen LogP) is 2.39. The summed E-state index contributed by atoms with van der Waals surface area (Å²) in [6.07, 6.45) is 5.41. The lowest BCUT2D eigenvalue weighted by Crippen LogP contribution is -2.18. The van der Waals surface area contributed by atoms with Crippen LogP contribution in [0.2, 0.25) is 0 Å². The highest BCUT2D eigenvalue weighted by Crippen LogP contribution is 2.19. The summed E-state index contributed by atoms with van der Waals surface area (Å²) >= 11 is 0. The van der Waals surface area contributed by atoms with Gasteiger partial charge in [-0.2, -0.15) is 0 Å². The van der Waals surface area contributed by atoms with Crippen LogP contribution in [0.5, 0.6) is 0 Å². The van der Waals surface area contributed by atoms with Gasteiger partial charge in [0, 0.05) is 38.8 Å². The minimum Gasteiger partial charge on any atom is -0.335 e. The Morgan fingerprint density at radius 3 is 2.65 bits per heavy atom. The zero-order valence-corrected chi connectivity index (χ0v) is 12.1. The molecule has 1 aliphatic heterocycles. The number of nitrogens with zero attached hydrogens (tertiary/aromatic N) is 2. The van der Waals surface area contributed by atoms with Crippen LogP contribution in [0.15, 0.2) is 12.3 Å². The number of rotatable bonds is 6. The average Bonchev–Trinajstić information content (AvgIpc) is 3.17. The summed E-state index contributed by atoms with van der Waals surface area (Å²) in [7, 11) is 1.84. The number of carbonyl (C=O) groups excluding carboxylic acids is 2. The van der Waals surface area contributed by atoms with E-state index in [1.807, 2.05) is 7.05 Å². The first-order valence-electron chi connectivity index (χ1n) is 7.12. The van der Waals surface area contributed by atoms with Crippen molar-refractivity contribution in [3.05, 3.63) is 12.3 Å². The van der Waals surface area contributed by atoms with Gasteiger partial charge in [0.05, 0.1) is 5.69 Å². The number of anilines is 2. The summed E-state index contributed by atoms with van der Waals surface area (Å²) in [4.78, 5) is 25.1. The topological polar surface area (TPSA) is 66.1 Å². The molecule has 6 nitrogen and oxygen atoms in total. The molecule has 0 aliphatic carbocycles. The first-order chi connectivity index (χ1) is 9.60. The number of hydrogen-bond donors (Lipinski definition) is 2. The monoisotopic (exact) mass is 278 g/mol. The molecule has 0 unspecified atom stereocenters. The van der Waals surface area contributed by atoms with Crippen molar-refractivity contribution in [1.82, 2.24) is 9.47 Å². The molecule has 3 amide bonds. The number of urea groups is 1. The van der Waals surface area contributed by atoms with Crippen LogP contribution < -0.4 is 10.6 Å². The number of unbranched alkanes of at least 4 members (excludes halogenated alkanes) is 2. The van der Waals surface area contributed by atoms with Crippen LogP contribution in [0.4, 0.5) is 16.3 Å². The van der Waals surface area contributed by atoms with Crippen molar-refractivity contribution in [3.63, 3.8) is 0 Å². The Morgan fingerprint density at radius 2 is 2.00 bits per heavy atom. The summed E-state index contributed by atoms with van der Waals surface area (Å²) in [6.45, 7) is 3.75. The van der Waals surface area contributed by atoms with Gasteiger partial charge in [0.15, 0.2) is 0 Å². The third-order valence-electron chi connectivity index (χ3n) is 3.27. The molecule has 2 N–H and O–H groups in total. The number of aromatic nitrogens is 1. The van der Waals surface area contributed by atoms with E-state index < -0.39 is 0 Å². The van der Waals surface area contributed by atoms with Crippen LogP contribution >= 0.6 is 0 Å². The maximum Gasteiger partial charge on any atom is 0.322 e. The van der Waals surface area contributed by atoms with E-state index in [1.54, 1.807) is 21.7 Å². The van der Waals surface area contributed by atoms with Gasteiger partial charge in [-0.05, 0) is 6.42 Å². The molecule has 1 aromatic rings. The van der Waals surface area contributed by atoms with Crippen LogP contribution in [0, 0.1) is 0 Å². The van der Waals surface area contributed by atoms with E-state index in [2.05, 4.69) is 17.6 Å². The smallest absolute Gasteiger partial charge is 0.322 e. The Labute approximate surface area is 119 Å². The van der Waals surface area contributed by atoms with Crippen molar-refractivity contribution >= 4 is 23.4 Å². The second-order valence-corrected chi connectivity index (χ2v) is 5.15. The summed E-state index contributed by atoms with van der Waals surface area (Å²) < 4.78 is 1.80. The number of nitrogens with one attached hydrogen (secondary N) is 2. The third-order valence-corrected chi connectivity index (χ3v) is 3.27. The van der Waals surface area contributed by atoms with Crippen molar-refractivity contribution in [3.8, 4) is 0 Å². The molecule has 1 saturated heterocycles. The van der Waals surface area contributed by atoms with Gasteiger partial charge in [0.1, 0.15) is 5.82 Å². The maximum absolute atomic E-state index is 11.8. The third kappa shape index (κ3) is 4.01. The van der Waals surface area contributed by atoms with Crippen LogP contribution in [0.3, 0.4) is 0 Å². The largest absolute Gasteiger partial charge is 0.335 e. The number of hydrogen-bond acceptors (Lipinski definition) is 2. The van der Waals surface area contributed by atoms with Gasteiger partial charge in [-0.3, -0.25) is 4.79 Å². The lowest BCUT2D eigenvalue weighted by molar-refractivity contribution is -0.116. The maximum atomic E-state index is 11.8. The van der Waals surface area contributed by atoms with E-state index in [-0.39, 0.29) is 11.9 Å². The normalized spacial score (nSPS) is 13.2. The summed E-state index contributed by atoms with van der Waals surface area (Å²) in [6, 6.07) is 1.69. The molecule has 110 valence electrons. The van der Waals surface area contributed by atoms with E-state index >= 15 is 0 Å². The molecule has 1 aromatic heterocycles. The molecule has 1 aliphatic rings. The van der Waals surface area contributed by atoms with Crippen LogP contribution in [0.1, 0.15) is 32.6 Å². The fourth-order valence-electron chi connectivity index (χ4n) is 1.95. The molecule has 20 heavy (non-hydrogen) atoms. The summed E-state index contributed by atoms with van der Waals surface area (Å²) in [5, 5.41) is 5.67. The van der Waals surface area contributed by atoms with Gasteiger partial charge in [-0.15, -0.1) is 0 Å². The molecule has 0 bridgehead atoms. The molecule has 0 atom stereocenters. The minimum absolute atomic E-state index is 0.0171. The molecule has 0 saturated carbocycles. The molecule has 1 fully saturated rings. The predicted molar refractivity (Wildman–Crippen MR) is 78.8 cm³/mol. The average molecular weight is 278 g/mol.